The highest BCUT2D eigenvalue weighted by molar-refractivity contribution is 5.82. The summed E-state index contributed by atoms with van der Waals surface area (Å²) in [5, 5.41) is 12.4. The maximum Gasteiger partial charge on any atom is 0.330 e. The Bertz CT molecular complexity index is 257. The first-order chi connectivity index (χ1) is 6.61. The van der Waals surface area contributed by atoms with Crippen LogP contribution in [0.2, 0.25) is 0 Å². The summed E-state index contributed by atoms with van der Waals surface area (Å²) in [7, 11) is 0. The molecule has 0 saturated carbocycles. The van der Waals surface area contributed by atoms with Crippen LogP contribution in [0.25, 0.3) is 10.4 Å². The summed E-state index contributed by atoms with van der Waals surface area (Å²) in [6, 6.07) is -0.746. The minimum absolute atomic E-state index is 0.282. The molecule has 14 heavy (non-hydrogen) atoms. The number of rotatable bonds is 5. The molecule has 0 bridgehead atoms. The molecule has 0 fully saturated rings. The Morgan fingerprint density at radius 3 is 2.86 bits per heavy atom. The molecule has 6 nitrogen and oxygen atoms in total. The Hall–Kier alpha value is -1.52. The van der Waals surface area contributed by atoms with Gasteiger partial charge in [-0.2, -0.15) is 0 Å². The zero-order valence-electron chi connectivity index (χ0n) is 8.12. The molecule has 0 amide bonds. The molecule has 0 unspecified atom stereocenters. The molecule has 0 spiro atoms. The van der Waals surface area contributed by atoms with E-state index in [0.717, 1.165) is 6.08 Å². The number of esters is 1. The Morgan fingerprint density at radius 2 is 2.43 bits per heavy atom. The smallest absolute Gasteiger partial charge is 0.330 e. The minimum Gasteiger partial charge on any atom is -0.463 e. The van der Waals surface area contributed by atoms with Gasteiger partial charge in [0.25, 0.3) is 0 Å². The SMILES string of the molecule is CCOC(=O)/C=C/[C@@H](N=[N+]=[N-])[C@H](C)O. The summed E-state index contributed by atoms with van der Waals surface area (Å²) >= 11 is 0. The first kappa shape index (κ1) is 12.5. The highest BCUT2D eigenvalue weighted by atomic mass is 16.5. The van der Waals surface area contributed by atoms with Crippen LogP contribution in [-0.2, 0) is 9.53 Å². The van der Waals surface area contributed by atoms with E-state index < -0.39 is 18.1 Å². The van der Waals surface area contributed by atoms with Crippen molar-refractivity contribution in [3.8, 4) is 0 Å². The Balaban J connectivity index is 4.28. The monoisotopic (exact) mass is 199 g/mol. The van der Waals surface area contributed by atoms with Crippen LogP contribution >= 0.6 is 0 Å². The highest BCUT2D eigenvalue weighted by Gasteiger charge is 2.09. The van der Waals surface area contributed by atoms with Crippen molar-refractivity contribution in [2.45, 2.75) is 26.0 Å². The normalized spacial score (nSPS) is 14.5. The molecule has 0 aromatic heterocycles. The van der Waals surface area contributed by atoms with Crippen LogP contribution in [0.3, 0.4) is 0 Å². The van der Waals surface area contributed by atoms with Crippen LogP contribution in [0.15, 0.2) is 17.3 Å². The molecular weight excluding hydrogens is 186 g/mol. The van der Waals surface area contributed by atoms with Gasteiger partial charge < -0.3 is 9.84 Å². The fourth-order valence-corrected chi connectivity index (χ4v) is 0.723. The lowest BCUT2D eigenvalue weighted by molar-refractivity contribution is -0.137. The number of aliphatic hydroxyl groups excluding tert-OH is 1. The largest absolute Gasteiger partial charge is 0.463 e. The summed E-state index contributed by atoms with van der Waals surface area (Å²) in [5.74, 6) is -0.522. The van der Waals surface area contributed by atoms with Gasteiger partial charge in [0.2, 0.25) is 0 Å². The second kappa shape index (κ2) is 6.94. The average Bonchev–Trinajstić information content (AvgIpc) is 2.12. The molecule has 0 heterocycles. The molecule has 1 N–H and O–H groups in total. The predicted molar refractivity (Wildman–Crippen MR) is 50.4 cm³/mol. The first-order valence-corrected chi connectivity index (χ1v) is 4.19. The second-order valence-corrected chi connectivity index (χ2v) is 2.55. The molecule has 0 radical (unpaired) electrons. The molecule has 0 saturated heterocycles. The third-order valence-electron chi connectivity index (χ3n) is 1.40. The zero-order valence-corrected chi connectivity index (χ0v) is 8.12. The number of azide groups is 1. The lowest BCUT2D eigenvalue weighted by Gasteiger charge is -2.07. The predicted octanol–water partition coefficient (Wildman–Crippen LogP) is 1.17. The van der Waals surface area contributed by atoms with E-state index in [2.05, 4.69) is 14.8 Å². The lowest BCUT2D eigenvalue weighted by atomic mass is 10.2. The number of ether oxygens (including phenoxy) is 1. The third-order valence-corrected chi connectivity index (χ3v) is 1.40. The molecule has 0 aromatic carbocycles. The van der Waals surface area contributed by atoms with E-state index in [1.54, 1.807) is 6.92 Å². The van der Waals surface area contributed by atoms with Crippen LogP contribution in [0.1, 0.15) is 13.8 Å². The summed E-state index contributed by atoms with van der Waals surface area (Å²) in [4.78, 5) is 13.4. The van der Waals surface area contributed by atoms with Gasteiger partial charge in [0.1, 0.15) is 0 Å². The van der Waals surface area contributed by atoms with Gasteiger partial charge in [-0.3, -0.25) is 0 Å². The molecule has 78 valence electrons. The van der Waals surface area contributed by atoms with Crippen molar-refractivity contribution in [1.82, 2.24) is 0 Å². The minimum atomic E-state index is -0.837. The second-order valence-electron chi connectivity index (χ2n) is 2.55. The van der Waals surface area contributed by atoms with Crippen LogP contribution in [0.4, 0.5) is 0 Å². The van der Waals surface area contributed by atoms with Gasteiger partial charge in [-0.15, -0.1) is 0 Å². The van der Waals surface area contributed by atoms with Crippen molar-refractivity contribution in [1.29, 1.82) is 0 Å². The Kier molecular flexibility index (Phi) is 6.19. The quantitative estimate of drug-likeness (QED) is 0.236. The van der Waals surface area contributed by atoms with Gasteiger partial charge in [-0.25, -0.2) is 4.79 Å². The molecular formula is C8H13N3O3. The molecule has 6 heteroatoms. The van der Waals surface area contributed by atoms with Crippen molar-refractivity contribution in [2.75, 3.05) is 6.61 Å². The van der Waals surface area contributed by atoms with Crippen molar-refractivity contribution in [3.63, 3.8) is 0 Å². The molecule has 0 aromatic rings. The van der Waals surface area contributed by atoms with Gasteiger partial charge in [0.15, 0.2) is 0 Å². The fourth-order valence-electron chi connectivity index (χ4n) is 0.723. The number of hydrogen-bond acceptors (Lipinski definition) is 4. The number of aliphatic hydroxyl groups is 1. The highest BCUT2D eigenvalue weighted by Crippen LogP contribution is 2.01. The summed E-state index contributed by atoms with van der Waals surface area (Å²) < 4.78 is 4.61. The van der Waals surface area contributed by atoms with Crippen LogP contribution in [0, 0.1) is 0 Å². The van der Waals surface area contributed by atoms with Gasteiger partial charge in [-0.1, -0.05) is 11.2 Å². The van der Waals surface area contributed by atoms with Crippen LogP contribution in [0.5, 0.6) is 0 Å². The van der Waals surface area contributed by atoms with Gasteiger partial charge in [0.05, 0.1) is 18.8 Å². The van der Waals surface area contributed by atoms with Crippen molar-refractivity contribution in [2.24, 2.45) is 5.11 Å². The molecule has 0 aliphatic heterocycles. The summed E-state index contributed by atoms with van der Waals surface area (Å²) in [6.45, 7) is 3.43. The lowest BCUT2D eigenvalue weighted by Crippen LogP contribution is -2.18. The average molecular weight is 199 g/mol. The third kappa shape index (κ3) is 5.18. The maximum absolute atomic E-state index is 10.8. The standard InChI is InChI=1S/C8H13N3O3/c1-3-14-8(13)5-4-7(6(2)12)10-11-9/h4-7,12H,3H2,1-2H3/b5-4+/t6-,7+/m0/s1. The van der Waals surface area contributed by atoms with E-state index in [-0.39, 0.29) is 6.61 Å². The molecule has 0 aliphatic carbocycles. The first-order valence-electron chi connectivity index (χ1n) is 4.19. The number of carbonyl (C=O) groups excluding carboxylic acids is 1. The Labute approximate surface area is 81.8 Å². The van der Waals surface area contributed by atoms with E-state index in [1.807, 2.05) is 0 Å². The number of hydrogen-bond donors (Lipinski definition) is 1. The summed E-state index contributed by atoms with van der Waals surface area (Å²) in [6.07, 6.45) is 1.61. The van der Waals surface area contributed by atoms with Gasteiger partial charge in [0, 0.05) is 11.0 Å². The number of nitrogens with zero attached hydrogens (tertiary/aromatic N) is 3. The fraction of sp³-hybridized carbons (Fsp3) is 0.625. The van der Waals surface area contributed by atoms with Crippen LogP contribution in [-0.4, -0.2) is 29.8 Å². The Morgan fingerprint density at radius 1 is 1.79 bits per heavy atom. The van der Waals surface area contributed by atoms with E-state index in [1.165, 1.54) is 13.0 Å². The maximum atomic E-state index is 10.8. The zero-order chi connectivity index (χ0) is 11.0. The van der Waals surface area contributed by atoms with Crippen molar-refractivity contribution >= 4 is 5.97 Å². The van der Waals surface area contributed by atoms with E-state index in [9.17, 15) is 4.79 Å². The number of carbonyl (C=O) groups is 1. The van der Waals surface area contributed by atoms with E-state index in [0.29, 0.717) is 0 Å². The van der Waals surface area contributed by atoms with Crippen molar-refractivity contribution < 1.29 is 14.6 Å². The van der Waals surface area contributed by atoms with E-state index in [4.69, 9.17) is 10.6 Å². The van der Waals surface area contributed by atoms with E-state index >= 15 is 0 Å². The summed E-state index contributed by atoms with van der Waals surface area (Å²) in [5.41, 5.74) is 8.15. The molecule has 2 atom stereocenters. The van der Waals surface area contributed by atoms with Crippen molar-refractivity contribution in [3.05, 3.63) is 22.6 Å². The van der Waals surface area contributed by atoms with Crippen LogP contribution < -0.4 is 0 Å². The topological polar surface area (TPSA) is 95.3 Å². The molecule has 0 rings (SSSR count). The van der Waals surface area contributed by atoms with Gasteiger partial charge in [-0.05, 0) is 19.4 Å². The molecule has 0 aliphatic rings. The van der Waals surface area contributed by atoms with Gasteiger partial charge >= 0.3 is 5.97 Å².